The minimum Gasteiger partial charge on any atom is -0.364 e. The number of likely N-dealkylation sites (tertiary alicyclic amines) is 1. The summed E-state index contributed by atoms with van der Waals surface area (Å²) in [5.74, 6) is 0.0916. The predicted octanol–water partition coefficient (Wildman–Crippen LogP) is 3.09. The first kappa shape index (κ1) is 20.6. The zero-order chi connectivity index (χ0) is 21.5. The van der Waals surface area contributed by atoms with Gasteiger partial charge in [0.15, 0.2) is 5.78 Å². The molecule has 1 fully saturated rings. The molecule has 3 aromatic rings. The van der Waals surface area contributed by atoms with E-state index in [9.17, 15) is 13.2 Å². The Hall–Kier alpha value is -2.68. The Morgan fingerprint density at radius 2 is 1.93 bits per heavy atom. The number of aryl methyl sites for hydroxylation is 1. The van der Waals surface area contributed by atoms with Gasteiger partial charge in [-0.05, 0) is 75.7 Å². The number of aromatic nitrogens is 2. The number of primary sulfonamides is 1. The maximum atomic E-state index is 13.2. The fourth-order valence-corrected chi connectivity index (χ4v) is 4.93. The third-order valence-corrected chi connectivity index (χ3v) is 6.78. The molecule has 3 heterocycles. The van der Waals surface area contributed by atoms with Gasteiger partial charge < -0.3 is 9.55 Å². The van der Waals surface area contributed by atoms with E-state index in [2.05, 4.69) is 16.0 Å². The summed E-state index contributed by atoms with van der Waals surface area (Å²) in [4.78, 5) is 18.7. The SMILES string of the molecule is Cc1cc(C(=O)CN2CCCC2c2ccc[nH]2)c(C)n1-c1ccc(S(N)(=O)=O)cc1. The molecule has 1 unspecified atom stereocenters. The summed E-state index contributed by atoms with van der Waals surface area (Å²) in [6.45, 7) is 5.14. The van der Waals surface area contributed by atoms with Crippen LogP contribution in [0.25, 0.3) is 5.69 Å². The Morgan fingerprint density at radius 1 is 1.20 bits per heavy atom. The first-order chi connectivity index (χ1) is 14.3. The van der Waals surface area contributed by atoms with E-state index in [4.69, 9.17) is 5.14 Å². The van der Waals surface area contributed by atoms with Gasteiger partial charge in [0.1, 0.15) is 0 Å². The van der Waals surface area contributed by atoms with Crippen molar-refractivity contribution in [3.8, 4) is 5.69 Å². The highest BCUT2D eigenvalue weighted by Gasteiger charge is 2.29. The molecule has 158 valence electrons. The van der Waals surface area contributed by atoms with Crippen molar-refractivity contribution < 1.29 is 13.2 Å². The minimum absolute atomic E-state index is 0.0643. The number of aromatic amines is 1. The minimum atomic E-state index is -3.74. The largest absolute Gasteiger partial charge is 0.364 e. The molecule has 0 radical (unpaired) electrons. The topological polar surface area (TPSA) is 101 Å². The molecule has 1 atom stereocenters. The summed E-state index contributed by atoms with van der Waals surface area (Å²) < 4.78 is 25.0. The Morgan fingerprint density at radius 3 is 2.57 bits per heavy atom. The van der Waals surface area contributed by atoms with Crippen LogP contribution in [0.5, 0.6) is 0 Å². The number of nitrogens with two attached hydrogens (primary N) is 1. The summed E-state index contributed by atoms with van der Waals surface area (Å²) >= 11 is 0. The standard InChI is InChI=1S/C22H26N4O3S/c1-15-13-19(16(2)26(15)17-7-9-18(10-8-17)30(23,28)29)22(27)14-25-12-4-6-21(25)20-5-3-11-24-20/h3,5,7-11,13,21,24H,4,6,12,14H2,1-2H3,(H2,23,28,29). The van der Waals surface area contributed by atoms with Crippen LogP contribution in [0, 0.1) is 13.8 Å². The van der Waals surface area contributed by atoms with Crippen molar-refractivity contribution in [3.63, 3.8) is 0 Å². The van der Waals surface area contributed by atoms with Crippen LogP contribution in [0.1, 0.15) is 46.3 Å². The Bertz CT molecular complexity index is 1160. The molecule has 0 bridgehead atoms. The summed E-state index contributed by atoms with van der Waals surface area (Å²) in [6, 6.07) is 12.6. The van der Waals surface area contributed by atoms with Crippen LogP contribution in [0.3, 0.4) is 0 Å². The number of ketones is 1. The third-order valence-electron chi connectivity index (χ3n) is 5.85. The smallest absolute Gasteiger partial charge is 0.238 e. The highest BCUT2D eigenvalue weighted by molar-refractivity contribution is 7.89. The molecule has 3 N–H and O–H groups in total. The first-order valence-electron chi connectivity index (χ1n) is 9.98. The lowest BCUT2D eigenvalue weighted by molar-refractivity contribution is 0.0920. The van der Waals surface area contributed by atoms with Crippen molar-refractivity contribution in [2.75, 3.05) is 13.1 Å². The van der Waals surface area contributed by atoms with Gasteiger partial charge in [-0.25, -0.2) is 13.6 Å². The number of rotatable bonds is 6. The number of carbonyl (C=O) groups excluding carboxylic acids is 1. The average molecular weight is 427 g/mol. The van der Waals surface area contributed by atoms with E-state index in [0.717, 1.165) is 42.2 Å². The Kier molecular flexibility index (Phi) is 5.40. The van der Waals surface area contributed by atoms with E-state index in [1.807, 2.05) is 36.7 Å². The van der Waals surface area contributed by atoms with Crippen molar-refractivity contribution in [3.05, 3.63) is 71.3 Å². The number of carbonyl (C=O) groups is 1. The number of benzene rings is 1. The number of sulfonamides is 1. The highest BCUT2D eigenvalue weighted by Crippen LogP contribution is 2.31. The predicted molar refractivity (Wildman–Crippen MR) is 115 cm³/mol. The van der Waals surface area contributed by atoms with Gasteiger partial charge in [-0.1, -0.05) is 0 Å². The molecular weight excluding hydrogens is 400 g/mol. The molecule has 0 aliphatic carbocycles. The molecule has 1 saturated heterocycles. The fraction of sp³-hybridized carbons (Fsp3) is 0.318. The number of hydrogen-bond donors (Lipinski definition) is 2. The summed E-state index contributed by atoms with van der Waals surface area (Å²) in [6.07, 6.45) is 4.04. The zero-order valence-corrected chi connectivity index (χ0v) is 17.9. The number of nitrogens with zero attached hydrogens (tertiary/aromatic N) is 2. The number of Topliss-reactive ketones (excluding diaryl/α,β-unsaturated/α-hetero) is 1. The van der Waals surface area contributed by atoms with Crippen LogP contribution in [0.2, 0.25) is 0 Å². The summed E-state index contributed by atoms with van der Waals surface area (Å²) in [5.41, 5.74) is 4.40. The van der Waals surface area contributed by atoms with Crippen LogP contribution < -0.4 is 5.14 Å². The maximum absolute atomic E-state index is 13.2. The molecule has 30 heavy (non-hydrogen) atoms. The van der Waals surface area contributed by atoms with Crippen LogP contribution in [0.4, 0.5) is 0 Å². The van der Waals surface area contributed by atoms with Crippen LogP contribution in [0.15, 0.2) is 53.6 Å². The lowest BCUT2D eigenvalue weighted by atomic mass is 10.1. The van der Waals surface area contributed by atoms with E-state index in [1.54, 1.807) is 12.1 Å². The first-order valence-corrected chi connectivity index (χ1v) is 11.5. The van der Waals surface area contributed by atoms with Gasteiger partial charge >= 0.3 is 0 Å². The molecule has 8 heteroatoms. The van der Waals surface area contributed by atoms with Gasteiger partial charge in [-0.15, -0.1) is 0 Å². The van der Waals surface area contributed by atoms with Gasteiger partial charge in [-0.2, -0.15) is 0 Å². The fourth-order valence-electron chi connectivity index (χ4n) is 4.42. The van der Waals surface area contributed by atoms with Gasteiger partial charge in [0, 0.05) is 34.5 Å². The molecule has 0 saturated carbocycles. The van der Waals surface area contributed by atoms with Crippen molar-refractivity contribution in [1.29, 1.82) is 0 Å². The average Bonchev–Trinajstić information content (AvgIpc) is 3.42. The number of H-pyrrole nitrogens is 1. The zero-order valence-electron chi connectivity index (χ0n) is 17.1. The quantitative estimate of drug-likeness (QED) is 0.592. The van der Waals surface area contributed by atoms with Gasteiger partial charge in [-0.3, -0.25) is 9.69 Å². The molecular formula is C22H26N4O3S. The summed E-state index contributed by atoms with van der Waals surface area (Å²) in [7, 11) is -3.74. The second-order valence-corrected chi connectivity index (χ2v) is 9.40. The number of hydrogen-bond acceptors (Lipinski definition) is 4. The van der Waals surface area contributed by atoms with Gasteiger partial charge in [0.25, 0.3) is 0 Å². The van der Waals surface area contributed by atoms with E-state index in [1.165, 1.54) is 12.1 Å². The second kappa shape index (κ2) is 7.86. The Balaban J connectivity index is 1.58. The third kappa shape index (κ3) is 3.86. The summed E-state index contributed by atoms with van der Waals surface area (Å²) in [5, 5.41) is 5.19. The highest BCUT2D eigenvalue weighted by atomic mass is 32.2. The van der Waals surface area contributed by atoms with Crippen LogP contribution >= 0.6 is 0 Å². The lowest BCUT2D eigenvalue weighted by Gasteiger charge is -2.23. The second-order valence-electron chi connectivity index (χ2n) is 7.84. The van der Waals surface area contributed by atoms with Crippen molar-refractivity contribution in [2.45, 2.75) is 37.6 Å². The lowest BCUT2D eigenvalue weighted by Crippen LogP contribution is -2.30. The monoisotopic (exact) mass is 426 g/mol. The van der Waals surface area contributed by atoms with Crippen molar-refractivity contribution >= 4 is 15.8 Å². The molecule has 1 aliphatic heterocycles. The van der Waals surface area contributed by atoms with Crippen molar-refractivity contribution in [2.24, 2.45) is 5.14 Å². The molecule has 0 amide bonds. The normalized spacial score (nSPS) is 17.5. The van der Waals surface area contributed by atoms with Gasteiger partial charge in [0.05, 0.1) is 17.5 Å². The molecule has 7 nitrogen and oxygen atoms in total. The van der Waals surface area contributed by atoms with E-state index in [-0.39, 0.29) is 16.7 Å². The van der Waals surface area contributed by atoms with Crippen molar-refractivity contribution in [1.82, 2.24) is 14.5 Å². The maximum Gasteiger partial charge on any atom is 0.238 e. The molecule has 1 aromatic carbocycles. The van der Waals surface area contributed by atoms with Crippen LogP contribution in [-0.4, -0.2) is 41.7 Å². The van der Waals surface area contributed by atoms with E-state index < -0.39 is 10.0 Å². The van der Waals surface area contributed by atoms with Crippen LogP contribution in [-0.2, 0) is 10.0 Å². The van der Waals surface area contributed by atoms with E-state index in [0.29, 0.717) is 12.1 Å². The molecule has 4 rings (SSSR count). The molecule has 1 aliphatic rings. The number of nitrogens with one attached hydrogen (secondary N) is 1. The van der Waals surface area contributed by atoms with E-state index >= 15 is 0 Å². The molecule has 0 spiro atoms. The molecule has 2 aromatic heterocycles. The van der Waals surface area contributed by atoms with Gasteiger partial charge in [0.2, 0.25) is 10.0 Å². The Labute approximate surface area is 176 Å².